The topological polar surface area (TPSA) is 102 Å². The minimum atomic E-state index is -3.92. The van der Waals surface area contributed by atoms with E-state index in [1.807, 2.05) is 6.07 Å². The van der Waals surface area contributed by atoms with E-state index in [1.165, 1.54) is 37.2 Å². The lowest BCUT2D eigenvalue weighted by Gasteiger charge is -2.20. The van der Waals surface area contributed by atoms with Crippen molar-refractivity contribution < 1.29 is 21.6 Å². The summed E-state index contributed by atoms with van der Waals surface area (Å²) in [4.78, 5) is 4.25. The number of fused-ring (bicyclic) bond motifs is 1. The largest absolute Gasteiger partial charge is 0.497 e. The molecular formula is C24H26N2O5S2. The van der Waals surface area contributed by atoms with Gasteiger partial charge in [0.05, 0.1) is 16.9 Å². The highest BCUT2D eigenvalue weighted by molar-refractivity contribution is 7.92. The van der Waals surface area contributed by atoms with Crippen LogP contribution in [0.1, 0.15) is 34.8 Å². The zero-order valence-electron chi connectivity index (χ0n) is 18.3. The van der Waals surface area contributed by atoms with E-state index in [9.17, 15) is 16.8 Å². The first-order valence-electron chi connectivity index (χ1n) is 10.7. The third-order valence-corrected chi connectivity index (χ3v) is 9.45. The smallest absolute Gasteiger partial charge is 0.240 e. The molecule has 174 valence electrons. The number of nitrogens with zero attached hydrogens (tertiary/aromatic N) is 1. The number of sulfone groups is 1. The quantitative estimate of drug-likeness (QED) is 0.523. The normalized spacial score (nSPS) is 14.9. The zero-order chi connectivity index (χ0) is 23.5. The number of pyridine rings is 1. The summed E-state index contributed by atoms with van der Waals surface area (Å²) in [5, 5.41) is -1.15. The summed E-state index contributed by atoms with van der Waals surface area (Å²) in [6.07, 6.45) is 6.92. The Kier molecular flexibility index (Phi) is 6.83. The summed E-state index contributed by atoms with van der Waals surface area (Å²) in [6, 6.07) is 14.4. The number of aryl methyl sites for hydroxylation is 2. The first kappa shape index (κ1) is 23.4. The molecule has 2 aromatic carbocycles. The van der Waals surface area contributed by atoms with E-state index < -0.39 is 25.1 Å². The van der Waals surface area contributed by atoms with Gasteiger partial charge in [0.1, 0.15) is 11.0 Å². The Bertz CT molecular complexity index is 1320. The van der Waals surface area contributed by atoms with Crippen molar-refractivity contribution in [3.8, 4) is 5.75 Å². The average molecular weight is 487 g/mol. The standard InChI is InChI=1S/C24H26N2O5S2/c1-31-21-9-12-22(13-10-21)32(27,28)24(20-7-4-14-25-16-20)17-26-33(29,30)23-11-8-18-5-2-3-6-19(18)15-23/h4,7-16,24,26H,2-3,5-6,17H2,1H3. The van der Waals surface area contributed by atoms with Crippen LogP contribution in [0, 0.1) is 0 Å². The SMILES string of the molecule is COc1ccc(S(=O)(=O)C(CNS(=O)(=O)c2ccc3c(c2)CCCC3)c2cccnc2)cc1. The molecule has 3 aromatic rings. The molecule has 0 fully saturated rings. The highest BCUT2D eigenvalue weighted by atomic mass is 32.2. The molecule has 1 atom stereocenters. The van der Waals surface area contributed by atoms with Gasteiger partial charge in [-0.15, -0.1) is 0 Å². The molecule has 0 aliphatic heterocycles. The highest BCUT2D eigenvalue weighted by Crippen LogP contribution is 2.30. The Morgan fingerprint density at radius 3 is 2.30 bits per heavy atom. The van der Waals surface area contributed by atoms with Gasteiger partial charge in [0.15, 0.2) is 9.84 Å². The maximum atomic E-state index is 13.5. The van der Waals surface area contributed by atoms with Crippen LogP contribution in [0.3, 0.4) is 0 Å². The number of benzene rings is 2. The highest BCUT2D eigenvalue weighted by Gasteiger charge is 2.31. The third kappa shape index (κ3) is 5.10. The second-order valence-corrected chi connectivity index (χ2v) is 11.9. The minimum Gasteiger partial charge on any atom is -0.497 e. The van der Waals surface area contributed by atoms with Crippen LogP contribution in [0.25, 0.3) is 0 Å². The van der Waals surface area contributed by atoms with Crippen molar-refractivity contribution in [3.63, 3.8) is 0 Å². The number of methoxy groups -OCH3 is 1. The summed E-state index contributed by atoms with van der Waals surface area (Å²) in [7, 11) is -6.33. The third-order valence-electron chi connectivity index (χ3n) is 5.91. The van der Waals surface area contributed by atoms with E-state index in [0.717, 1.165) is 31.2 Å². The van der Waals surface area contributed by atoms with Crippen LogP contribution in [0.2, 0.25) is 0 Å². The van der Waals surface area contributed by atoms with Gasteiger partial charge >= 0.3 is 0 Å². The molecule has 1 N–H and O–H groups in total. The molecule has 4 rings (SSSR count). The van der Waals surface area contributed by atoms with Crippen LogP contribution in [0.5, 0.6) is 5.75 Å². The molecule has 1 unspecified atom stereocenters. The summed E-state index contributed by atoms with van der Waals surface area (Å²) in [6.45, 7) is -0.320. The molecule has 1 aromatic heterocycles. The monoisotopic (exact) mass is 486 g/mol. The van der Waals surface area contributed by atoms with Crippen molar-refractivity contribution in [1.29, 1.82) is 0 Å². The summed E-state index contributed by atoms with van der Waals surface area (Å²) >= 11 is 0. The van der Waals surface area contributed by atoms with Crippen molar-refractivity contribution >= 4 is 19.9 Å². The lowest BCUT2D eigenvalue weighted by Crippen LogP contribution is -2.32. The van der Waals surface area contributed by atoms with Crippen molar-refractivity contribution in [1.82, 2.24) is 9.71 Å². The van der Waals surface area contributed by atoms with Gasteiger partial charge in [0.2, 0.25) is 10.0 Å². The van der Waals surface area contributed by atoms with Crippen LogP contribution in [0.4, 0.5) is 0 Å². The number of ether oxygens (including phenoxy) is 1. The van der Waals surface area contributed by atoms with Gasteiger partial charge in [-0.3, -0.25) is 4.98 Å². The van der Waals surface area contributed by atoms with E-state index in [2.05, 4.69) is 9.71 Å². The van der Waals surface area contributed by atoms with Crippen molar-refractivity contribution in [2.24, 2.45) is 0 Å². The molecule has 1 aliphatic carbocycles. The van der Waals surface area contributed by atoms with Crippen molar-refractivity contribution in [2.45, 2.75) is 40.7 Å². The van der Waals surface area contributed by atoms with E-state index in [1.54, 1.807) is 36.4 Å². The fourth-order valence-corrected chi connectivity index (χ4v) is 6.90. The minimum absolute atomic E-state index is 0.0742. The van der Waals surface area contributed by atoms with Gasteiger partial charge in [-0.1, -0.05) is 12.1 Å². The predicted octanol–water partition coefficient (Wildman–Crippen LogP) is 3.46. The lowest BCUT2D eigenvalue weighted by molar-refractivity contribution is 0.414. The fraction of sp³-hybridized carbons (Fsp3) is 0.292. The molecule has 7 nitrogen and oxygen atoms in total. The molecule has 1 aliphatic rings. The number of hydrogen-bond donors (Lipinski definition) is 1. The molecule has 33 heavy (non-hydrogen) atoms. The van der Waals surface area contributed by atoms with Crippen LogP contribution >= 0.6 is 0 Å². The summed E-state index contributed by atoms with van der Waals surface area (Å²) < 4.78 is 60.7. The van der Waals surface area contributed by atoms with E-state index in [4.69, 9.17) is 4.74 Å². The van der Waals surface area contributed by atoms with E-state index >= 15 is 0 Å². The second kappa shape index (κ2) is 9.62. The molecule has 0 bridgehead atoms. The van der Waals surface area contributed by atoms with Crippen molar-refractivity contribution in [3.05, 3.63) is 83.7 Å². The predicted molar refractivity (Wildman–Crippen MR) is 125 cm³/mol. The molecule has 9 heteroatoms. The Balaban J connectivity index is 1.63. The Labute approximate surface area is 194 Å². The summed E-state index contributed by atoms with van der Waals surface area (Å²) in [5.41, 5.74) is 2.62. The van der Waals surface area contributed by atoms with Crippen LogP contribution < -0.4 is 9.46 Å². The Hall–Kier alpha value is -2.75. The van der Waals surface area contributed by atoms with E-state index in [-0.39, 0.29) is 16.3 Å². The molecular weight excluding hydrogens is 460 g/mol. The number of hydrogen-bond acceptors (Lipinski definition) is 6. The van der Waals surface area contributed by atoms with Crippen LogP contribution in [-0.2, 0) is 32.7 Å². The number of nitrogens with one attached hydrogen (secondary N) is 1. The van der Waals surface area contributed by atoms with Gasteiger partial charge in [0, 0.05) is 18.9 Å². The number of rotatable bonds is 8. The summed E-state index contributed by atoms with van der Waals surface area (Å²) in [5.74, 6) is 0.528. The second-order valence-electron chi connectivity index (χ2n) is 7.99. The Morgan fingerprint density at radius 2 is 1.64 bits per heavy atom. The maximum Gasteiger partial charge on any atom is 0.240 e. The van der Waals surface area contributed by atoms with Gasteiger partial charge in [-0.05, 0) is 84.8 Å². The average Bonchev–Trinajstić information content (AvgIpc) is 2.84. The number of sulfonamides is 1. The van der Waals surface area contributed by atoms with Crippen LogP contribution in [-0.4, -0.2) is 35.5 Å². The maximum absolute atomic E-state index is 13.5. The van der Waals surface area contributed by atoms with Gasteiger partial charge < -0.3 is 4.74 Å². The Morgan fingerprint density at radius 1 is 0.939 bits per heavy atom. The fourth-order valence-electron chi connectivity index (χ4n) is 4.05. The van der Waals surface area contributed by atoms with E-state index in [0.29, 0.717) is 11.3 Å². The zero-order valence-corrected chi connectivity index (χ0v) is 19.9. The first-order valence-corrected chi connectivity index (χ1v) is 13.7. The first-order chi connectivity index (χ1) is 15.8. The molecule has 0 saturated heterocycles. The van der Waals surface area contributed by atoms with Gasteiger partial charge in [-0.2, -0.15) is 0 Å². The molecule has 0 radical (unpaired) electrons. The molecule has 1 heterocycles. The van der Waals surface area contributed by atoms with Crippen molar-refractivity contribution in [2.75, 3.05) is 13.7 Å². The molecule has 0 amide bonds. The molecule has 0 spiro atoms. The molecule has 0 saturated carbocycles. The lowest BCUT2D eigenvalue weighted by atomic mass is 9.92. The van der Waals surface area contributed by atoms with Gasteiger partial charge in [-0.25, -0.2) is 21.6 Å². The number of aromatic nitrogens is 1. The van der Waals surface area contributed by atoms with Gasteiger partial charge in [0.25, 0.3) is 0 Å². The van der Waals surface area contributed by atoms with Crippen LogP contribution in [0.15, 0.2) is 76.8 Å².